The maximum atomic E-state index is 13.7. The second-order valence-corrected chi connectivity index (χ2v) is 9.00. The van der Waals surface area contributed by atoms with E-state index in [1.165, 1.54) is 12.5 Å². The predicted octanol–water partition coefficient (Wildman–Crippen LogP) is 2.92. The second kappa shape index (κ2) is 8.98. The summed E-state index contributed by atoms with van der Waals surface area (Å²) in [7, 11) is 1.57. The number of fused-ring (bicyclic) bond motifs is 4. The molecule has 4 N–H and O–H groups in total. The molecule has 3 aromatic heterocycles. The zero-order valence-electron chi connectivity index (χ0n) is 20.0. The molecule has 0 saturated carbocycles. The minimum Gasteiger partial charge on any atom is -0.459 e. The summed E-state index contributed by atoms with van der Waals surface area (Å²) in [5.74, 6) is -0.405. The lowest BCUT2D eigenvalue weighted by atomic mass is 9.95. The van der Waals surface area contributed by atoms with Crippen LogP contribution in [0.15, 0.2) is 70.2 Å². The van der Waals surface area contributed by atoms with Crippen molar-refractivity contribution in [2.24, 2.45) is 0 Å². The highest BCUT2D eigenvalue weighted by Gasteiger charge is 2.38. The van der Waals surface area contributed by atoms with E-state index in [0.29, 0.717) is 29.6 Å². The number of likely N-dealkylation sites (N-methyl/N-ethyl adjacent to an activating group) is 1. The molecule has 37 heavy (non-hydrogen) atoms. The number of aromatic amines is 2. The lowest BCUT2D eigenvalue weighted by molar-refractivity contribution is -0.125. The average Bonchev–Trinajstić information content (AvgIpc) is 3.54. The molecule has 1 aliphatic heterocycles. The van der Waals surface area contributed by atoms with E-state index in [9.17, 15) is 14.4 Å². The Bertz CT molecular complexity index is 1720. The van der Waals surface area contributed by atoms with E-state index in [4.69, 9.17) is 4.42 Å². The highest BCUT2D eigenvalue weighted by molar-refractivity contribution is 5.98. The number of carbonyl (C=O) groups is 2. The number of aromatic nitrogens is 3. The van der Waals surface area contributed by atoms with Gasteiger partial charge in [0, 0.05) is 47.9 Å². The van der Waals surface area contributed by atoms with Crippen molar-refractivity contribution >= 4 is 39.4 Å². The molecule has 0 fully saturated rings. The topological polar surface area (TPSA) is 136 Å². The van der Waals surface area contributed by atoms with Gasteiger partial charge in [0.2, 0.25) is 5.91 Å². The van der Waals surface area contributed by atoms with E-state index in [1.54, 1.807) is 30.1 Å². The molecule has 10 heteroatoms. The summed E-state index contributed by atoms with van der Waals surface area (Å²) in [6.45, 7) is 0.573. The van der Waals surface area contributed by atoms with Crippen molar-refractivity contribution in [1.29, 1.82) is 0 Å². The first-order valence-corrected chi connectivity index (χ1v) is 11.9. The van der Waals surface area contributed by atoms with Gasteiger partial charge in [-0.15, -0.1) is 0 Å². The van der Waals surface area contributed by atoms with Gasteiger partial charge in [0.25, 0.3) is 11.5 Å². The van der Waals surface area contributed by atoms with E-state index in [-0.39, 0.29) is 29.7 Å². The number of carbonyl (C=O) groups excluding carboxylic acids is 2. The normalized spacial score (nSPS) is 15.1. The van der Waals surface area contributed by atoms with Crippen molar-refractivity contribution < 1.29 is 14.0 Å². The first kappa shape index (κ1) is 22.6. The number of anilines is 1. The quantitative estimate of drug-likeness (QED) is 0.295. The molecule has 1 atom stereocenters. The number of H-pyrrole nitrogens is 2. The summed E-state index contributed by atoms with van der Waals surface area (Å²) in [5.41, 5.74) is 5.36. The number of rotatable bonds is 5. The van der Waals surface area contributed by atoms with Crippen LogP contribution in [-0.2, 0) is 24.3 Å². The molecule has 0 bridgehead atoms. The zero-order valence-corrected chi connectivity index (χ0v) is 20.0. The van der Waals surface area contributed by atoms with Gasteiger partial charge in [-0.05, 0) is 35.9 Å². The standard InChI is InChI=1S/C27H24N6O4/c1-28-26(35)23-11-18-17-4-2-3-5-19(17)31-22(18)14-33(23)27(36)25-15(8-9-37-25)12-29-16-6-7-20-21(10-16)32-24(34)13-30-20/h2-10,13,23,29,31H,11-12,14H2,1H3,(H,28,35)(H,32,34)/t23-/m1/s1. The molecule has 10 nitrogen and oxygen atoms in total. The third kappa shape index (κ3) is 4.02. The van der Waals surface area contributed by atoms with Crippen LogP contribution in [0.2, 0.25) is 0 Å². The SMILES string of the molecule is CNC(=O)[C@H]1Cc2c([nH]c3ccccc23)CN1C(=O)c1occc1CNc1ccc2ncc(=O)[nH]c2c1. The lowest BCUT2D eigenvalue weighted by Crippen LogP contribution is -2.52. The highest BCUT2D eigenvalue weighted by atomic mass is 16.3. The molecule has 1 aliphatic rings. The number of hydrogen-bond donors (Lipinski definition) is 4. The minimum atomic E-state index is -0.667. The number of nitrogens with zero attached hydrogens (tertiary/aromatic N) is 2. The maximum Gasteiger partial charge on any atom is 0.290 e. The molecule has 2 amide bonds. The maximum absolute atomic E-state index is 13.7. The van der Waals surface area contributed by atoms with E-state index in [2.05, 4.69) is 25.6 Å². The Hall–Kier alpha value is -4.86. The third-order valence-electron chi connectivity index (χ3n) is 6.81. The Morgan fingerprint density at radius 3 is 2.86 bits per heavy atom. The van der Waals surface area contributed by atoms with Gasteiger partial charge in [0.15, 0.2) is 5.76 Å². The Morgan fingerprint density at radius 1 is 1.14 bits per heavy atom. The van der Waals surface area contributed by atoms with Crippen molar-refractivity contribution in [2.45, 2.75) is 25.6 Å². The van der Waals surface area contributed by atoms with Crippen LogP contribution < -0.4 is 16.2 Å². The van der Waals surface area contributed by atoms with E-state index >= 15 is 0 Å². The first-order chi connectivity index (χ1) is 18.0. The van der Waals surface area contributed by atoms with Crippen LogP contribution in [0.1, 0.15) is 27.4 Å². The summed E-state index contributed by atoms with van der Waals surface area (Å²) in [4.78, 5) is 50.0. The van der Waals surface area contributed by atoms with Gasteiger partial charge in [0.1, 0.15) is 6.04 Å². The van der Waals surface area contributed by atoms with Crippen LogP contribution in [-0.4, -0.2) is 44.8 Å². The number of benzene rings is 2. The van der Waals surface area contributed by atoms with E-state index < -0.39 is 6.04 Å². The van der Waals surface area contributed by atoms with Gasteiger partial charge in [0.05, 0.1) is 30.0 Å². The van der Waals surface area contributed by atoms with Gasteiger partial charge in [-0.25, -0.2) is 4.98 Å². The van der Waals surface area contributed by atoms with Gasteiger partial charge >= 0.3 is 0 Å². The fraction of sp³-hybridized carbons (Fsp3) is 0.185. The Balaban J connectivity index is 1.27. The molecule has 186 valence electrons. The molecule has 0 unspecified atom stereocenters. The summed E-state index contributed by atoms with van der Waals surface area (Å²) in [5, 5.41) is 7.03. The van der Waals surface area contributed by atoms with Crippen molar-refractivity contribution in [1.82, 2.24) is 25.2 Å². The number of furan rings is 1. The number of nitrogens with one attached hydrogen (secondary N) is 4. The molecular formula is C27H24N6O4. The number of hydrogen-bond acceptors (Lipinski definition) is 6. The van der Waals surface area contributed by atoms with Crippen LogP contribution in [0, 0.1) is 0 Å². The highest BCUT2D eigenvalue weighted by Crippen LogP contribution is 2.32. The van der Waals surface area contributed by atoms with Gasteiger partial charge in [-0.1, -0.05) is 18.2 Å². The third-order valence-corrected chi connectivity index (χ3v) is 6.81. The lowest BCUT2D eigenvalue weighted by Gasteiger charge is -2.34. The Labute approximate surface area is 210 Å². The Kier molecular flexibility index (Phi) is 5.48. The monoisotopic (exact) mass is 496 g/mol. The van der Waals surface area contributed by atoms with E-state index in [1.807, 2.05) is 30.3 Å². The van der Waals surface area contributed by atoms with Crippen LogP contribution in [0.25, 0.3) is 21.9 Å². The molecule has 0 spiro atoms. The minimum absolute atomic E-state index is 0.178. The van der Waals surface area contributed by atoms with E-state index in [0.717, 1.165) is 27.8 Å². The summed E-state index contributed by atoms with van der Waals surface area (Å²) >= 11 is 0. The van der Waals surface area contributed by atoms with Gasteiger partial charge in [-0.2, -0.15) is 0 Å². The zero-order chi connectivity index (χ0) is 25.5. The molecule has 0 saturated heterocycles. The Morgan fingerprint density at radius 2 is 2.00 bits per heavy atom. The molecule has 4 heterocycles. The van der Waals surface area contributed by atoms with Crippen LogP contribution in [0.5, 0.6) is 0 Å². The smallest absolute Gasteiger partial charge is 0.290 e. The molecule has 2 aromatic carbocycles. The molecule has 5 aromatic rings. The van der Waals surface area contributed by atoms with Crippen molar-refractivity contribution in [3.8, 4) is 0 Å². The van der Waals surface area contributed by atoms with Crippen LogP contribution in [0.4, 0.5) is 5.69 Å². The van der Waals surface area contributed by atoms with Gasteiger partial charge < -0.3 is 29.9 Å². The predicted molar refractivity (Wildman–Crippen MR) is 138 cm³/mol. The fourth-order valence-electron chi connectivity index (χ4n) is 4.96. The van der Waals surface area contributed by atoms with Crippen molar-refractivity contribution in [2.75, 3.05) is 12.4 Å². The molecule has 6 rings (SSSR count). The summed E-state index contributed by atoms with van der Waals surface area (Å²) < 4.78 is 5.63. The molecule has 0 radical (unpaired) electrons. The largest absolute Gasteiger partial charge is 0.459 e. The fourth-order valence-corrected chi connectivity index (χ4v) is 4.96. The van der Waals surface area contributed by atoms with Crippen LogP contribution in [0.3, 0.4) is 0 Å². The van der Waals surface area contributed by atoms with Crippen molar-refractivity contribution in [3.05, 3.63) is 93.9 Å². The van der Waals surface area contributed by atoms with Gasteiger partial charge in [-0.3, -0.25) is 14.4 Å². The summed E-state index contributed by atoms with van der Waals surface area (Å²) in [6.07, 6.45) is 3.12. The molecule has 0 aliphatic carbocycles. The summed E-state index contributed by atoms with van der Waals surface area (Å²) in [6, 6.07) is 14.4. The molecular weight excluding hydrogens is 472 g/mol. The van der Waals surface area contributed by atoms with Crippen LogP contribution >= 0.6 is 0 Å². The average molecular weight is 497 g/mol. The number of amides is 2. The first-order valence-electron chi connectivity index (χ1n) is 11.9. The number of para-hydroxylation sites is 1. The van der Waals surface area contributed by atoms with Crippen molar-refractivity contribution in [3.63, 3.8) is 0 Å². The second-order valence-electron chi connectivity index (χ2n) is 9.00.